The third-order valence-corrected chi connectivity index (χ3v) is 5.27. The SMILES string of the molecule is Cc1ccc(NN2C(=O)c3cccc4c(Br)c([N+](=O)[O-])cc(c34)C2=O)cc1. The fourth-order valence-corrected chi connectivity index (χ4v) is 3.70. The van der Waals surface area contributed by atoms with E-state index >= 15 is 0 Å². The van der Waals surface area contributed by atoms with Gasteiger partial charge in [-0.25, -0.2) is 0 Å². The molecular formula is C19H12BrN3O4. The highest BCUT2D eigenvalue weighted by Crippen LogP contribution is 2.39. The molecule has 134 valence electrons. The molecule has 27 heavy (non-hydrogen) atoms. The van der Waals surface area contributed by atoms with Crippen LogP contribution < -0.4 is 5.43 Å². The van der Waals surface area contributed by atoms with Crippen LogP contribution in [0, 0.1) is 17.0 Å². The number of nitrogens with one attached hydrogen (secondary N) is 1. The average Bonchev–Trinajstić information content (AvgIpc) is 2.65. The van der Waals surface area contributed by atoms with Crippen LogP contribution in [0.2, 0.25) is 0 Å². The zero-order valence-electron chi connectivity index (χ0n) is 14.0. The highest BCUT2D eigenvalue weighted by Gasteiger charge is 2.36. The molecule has 0 atom stereocenters. The Bertz CT molecular complexity index is 1140. The van der Waals surface area contributed by atoms with Gasteiger partial charge in [0.25, 0.3) is 17.5 Å². The van der Waals surface area contributed by atoms with E-state index in [-0.39, 0.29) is 15.7 Å². The molecule has 3 aromatic rings. The molecular weight excluding hydrogens is 414 g/mol. The van der Waals surface area contributed by atoms with Crippen LogP contribution in [0.4, 0.5) is 11.4 Å². The van der Waals surface area contributed by atoms with Crippen molar-refractivity contribution in [3.8, 4) is 0 Å². The molecule has 1 aliphatic heterocycles. The van der Waals surface area contributed by atoms with Crippen molar-refractivity contribution >= 4 is 49.9 Å². The normalized spacial score (nSPS) is 13.2. The second kappa shape index (κ2) is 6.17. The largest absolute Gasteiger partial charge is 0.288 e. The maximum absolute atomic E-state index is 13.0. The van der Waals surface area contributed by atoms with E-state index < -0.39 is 16.7 Å². The van der Waals surface area contributed by atoms with Gasteiger partial charge in [0, 0.05) is 16.8 Å². The van der Waals surface area contributed by atoms with E-state index in [1.807, 2.05) is 19.1 Å². The molecule has 0 spiro atoms. The molecule has 8 heteroatoms. The van der Waals surface area contributed by atoms with Gasteiger partial charge in [0.15, 0.2) is 0 Å². The lowest BCUT2D eigenvalue weighted by molar-refractivity contribution is -0.385. The van der Waals surface area contributed by atoms with Crippen LogP contribution in [0.1, 0.15) is 26.3 Å². The van der Waals surface area contributed by atoms with E-state index in [4.69, 9.17) is 0 Å². The number of carbonyl (C=O) groups is 2. The van der Waals surface area contributed by atoms with Crippen molar-refractivity contribution in [3.63, 3.8) is 0 Å². The maximum Gasteiger partial charge on any atom is 0.284 e. The second-order valence-electron chi connectivity index (χ2n) is 6.17. The minimum Gasteiger partial charge on any atom is -0.288 e. The van der Waals surface area contributed by atoms with Crippen molar-refractivity contribution in [1.29, 1.82) is 0 Å². The molecule has 2 amide bonds. The summed E-state index contributed by atoms with van der Waals surface area (Å²) in [4.78, 5) is 36.7. The van der Waals surface area contributed by atoms with Crippen molar-refractivity contribution in [1.82, 2.24) is 5.01 Å². The van der Waals surface area contributed by atoms with E-state index in [2.05, 4.69) is 21.4 Å². The summed E-state index contributed by atoms with van der Waals surface area (Å²) in [6.07, 6.45) is 0. The summed E-state index contributed by atoms with van der Waals surface area (Å²) >= 11 is 3.23. The standard InChI is InChI=1S/C19H12BrN3O4/c1-10-5-7-11(8-6-10)21-22-18(24)13-4-2-3-12-16(13)14(19(22)25)9-15(17(12)20)23(26)27/h2-9,21H,1H3. The number of amides is 2. The number of nitro groups is 1. The van der Waals surface area contributed by atoms with Gasteiger partial charge in [-0.1, -0.05) is 29.8 Å². The highest BCUT2D eigenvalue weighted by atomic mass is 79.9. The molecule has 1 aliphatic rings. The molecule has 0 aliphatic carbocycles. The predicted molar refractivity (Wildman–Crippen MR) is 104 cm³/mol. The monoisotopic (exact) mass is 425 g/mol. The number of hydrogen-bond donors (Lipinski definition) is 1. The average molecular weight is 426 g/mol. The summed E-state index contributed by atoms with van der Waals surface area (Å²) in [5, 5.41) is 13.1. The molecule has 7 nitrogen and oxygen atoms in total. The predicted octanol–water partition coefficient (Wildman–Crippen LogP) is 4.44. The Hall–Kier alpha value is -3.26. The molecule has 0 fully saturated rings. The Labute approximate surface area is 161 Å². The molecule has 3 aromatic carbocycles. The van der Waals surface area contributed by atoms with Crippen molar-refractivity contribution in [2.24, 2.45) is 0 Å². The Balaban J connectivity index is 1.89. The molecule has 0 saturated heterocycles. The number of aryl methyl sites for hydroxylation is 1. The van der Waals surface area contributed by atoms with Gasteiger partial charge in [0.05, 0.1) is 21.7 Å². The molecule has 0 bridgehead atoms. The van der Waals surface area contributed by atoms with Crippen LogP contribution in [0.5, 0.6) is 0 Å². The first kappa shape index (κ1) is 17.2. The first-order valence-corrected chi connectivity index (χ1v) is 8.79. The smallest absolute Gasteiger partial charge is 0.284 e. The highest BCUT2D eigenvalue weighted by molar-refractivity contribution is 9.10. The van der Waals surface area contributed by atoms with Crippen LogP contribution in [0.25, 0.3) is 10.8 Å². The van der Waals surface area contributed by atoms with Gasteiger partial charge in [-0.3, -0.25) is 25.1 Å². The zero-order valence-corrected chi connectivity index (χ0v) is 15.6. The molecule has 0 aromatic heterocycles. The van der Waals surface area contributed by atoms with Crippen LogP contribution in [0.15, 0.2) is 53.0 Å². The van der Waals surface area contributed by atoms with Crippen LogP contribution in [-0.4, -0.2) is 21.7 Å². The quantitative estimate of drug-likeness (QED) is 0.380. The number of hydrogen-bond acceptors (Lipinski definition) is 5. The number of imide groups is 1. The summed E-state index contributed by atoms with van der Waals surface area (Å²) in [5.74, 6) is -1.15. The van der Waals surface area contributed by atoms with Crippen molar-refractivity contribution in [2.45, 2.75) is 6.92 Å². The number of rotatable bonds is 3. The number of anilines is 1. The van der Waals surface area contributed by atoms with Crippen LogP contribution in [-0.2, 0) is 0 Å². The summed E-state index contributed by atoms with van der Waals surface area (Å²) in [6, 6.07) is 13.3. The molecule has 1 heterocycles. The topological polar surface area (TPSA) is 92.6 Å². The van der Waals surface area contributed by atoms with Gasteiger partial charge in [0.2, 0.25) is 0 Å². The Morgan fingerprint density at radius 2 is 1.70 bits per heavy atom. The summed E-state index contributed by atoms with van der Waals surface area (Å²) in [6.45, 7) is 1.93. The van der Waals surface area contributed by atoms with Gasteiger partial charge < -0.3 is 0 Å². The fourth-order valence-electron chi connectivity index (χ4n) is 3.11. The first-order valence-electron chi connectivity index (χ1n) is 8.00. The van der Waals surface area contributed by atoms with Crippen molar-refractivity contribution < 1.29 is 14.5 Å². The number of halogens is 1. The van der Waals surface area contributed by atoms with Gasteiger partial charge in [-0.15, -0.1) is 0 Å². The lowest BCUT2D eigenvalue weighted by Crippen LogP contribution is -2.44. The van der Waals surface area contributed by atoms with E-state index in [0.29, 0.717) is 22.0 Å². The van der Waals surface area contributed by atoms with Crippen molar-refractivity contribution in [2.75, 3.05) is 5.43 Å². The molecule has 1 N–H and O–H groups in total. The first-order chi connectivity index (χ1) is 12.9. The molecule has 0 radical (unpaired) electrons. The van der Waals surface area contributed by atoms with E-state index in [1.54, 1.807) is 30.3 Å². The second-order valence-corrected chi connectivity index (χ2v) is 6.96. The number of benzene rings is 3. The van der Waals surface area contributed by atoms with Gasteiger partial charge in [-0.05, 0) is 41.1 Å². The third kappa shape index (κ3) is 2.65. The fraction of sp³-hybridized carbons (Fsp3) is 0.0526. The van der Waals surface area contributed by atoms with E-state index in [0.717, 1.165) is 10.6 Å². The molecule has 0 saturated carbocycles. The minimum absolute atomic E-state index is 0.106. The van der Waals surface area contributed by atoms with Crippen molar-refractivity contribution in [3.05, 3.63) is 79.8 Å². The van der Waals surface area contributed by atoms with Gasteiger partial charge in [-0.2, -0.15) is 5.01 Å². The number of carbonyl (C=O) groups excluding carboxylic acids is 2. The van der Waals surface area contributed by atoms with E-state index in [1.165, 1.54) is 6.07 Å². The van der Waals surface area contributed by atoms with E-state index in [9.17, 15) is 19.7 Å². The zero-order chi connectivity index (χ0) is 19.3. The Kier molecular flexibility index (Phi) is 3.92. The summed E-state index contributed by atoms with van der Waals surface area (Å²) in [7, 11) is 0. The Morgan fingerprint density at radius 1 is 1.04 bits per heavy atom. The van der Waals surface area contributed by atoms with Crippen LogP contribution in [0.3, 0.4) is 0 Å². The van der Waals surface area contributed by atoms with Gasteiger partial charge >= 0.3 is 0 Å². The molecule has 0 unspecified atom stereocenters. The summed E-state index contributed by atoms with van der Waals surface area (Å²) < 4.78 is 0.244. The van der Waals surface area contributed by atoms with Gasteiger partial charge in [0.1, 0.15) is 4.47 Å². The minimum atomic E-state index is -0.639. The number of hydrazine groups is 1. The maximum atomic E-state index is 13.0. The lowest BCUT2D eigenvalue weighted by atomic mass is 9.94. The number of nitrogens with zero attached hydrogens (tertiary/aromatic N) is 2. The molecule has 4 rings (SSSR count). The Morgan fingerprint density at radius 3 is 2.37 bits per heavy atom. The lowest BCUT2D eigenvalue weighted by Gasteiger charge is -2.28. The van der Waals surface area contributed by atoms with Crippen LogP contribution >= 0.6 is 15.9 Å². The summed E-state index contributed by atoms with van der Waals surface area (Å²) in [5.41, 5.74) is 4.58. The number of nitro benzene ring substituents is 1. The third-order valence-electron chi connectivity index (χ3n) is 4.43.